The molecule has 1 fully saturated rings. The van der Waals surface area contributed by atoms with Gasteiger partial charge < -0.3 is 51.0 Å². The molecule has 5 atom stereocenters. The van der Waals surface area contributed by atoms with Crippen molar-refractivity contribution in [3.05, 3.63) is 41.5 Å². The van der Waals surface area contributed by atoms with Gasteiger partial charge in [0.1, 0.15) is 53.0 Å². The highest BCUT2D eigenvalue weighted by atomic mass is 16.7. The molecule has 0 radical (unpaired) electrons. The second-order valence-corrected chi connectivity index (χ2v) is 7.47. The number of Topliss-reactive ketones (excluding diaryl/α,β-unsaturated/α-hetero) is 1. The minimum atomic E-state index is -1.75. The summed E-state index contributed by atoms with van der Waals surface area (Å²) in [6, 6.07) is 6.44. The highest BCUT2D eigenvalue weighted by Crippen LogP contribution is 2.36. The van der Waals surface area contributed by atoms with Gasteiger partial charge in [-0.3, -0.25) is 4.79 Å². The van der Waals surface area contributed by atoms with Crippen LogP contribution in [0.1, 0.15) is 22.3 Å². The third kappa shape index (κ3) is 4.87. The molecular weight excluding hydrogens is 426 g/mol. The summed E-state index contributed by atoms with van der Waals surface area (Å²) >= 11 is 0. The minimum Gasteiger partial charge on any atom is -0.508 e. The number of carbonyl (C=O) groups excluding carboxylic acids is 1. The second kappa shape index (κ2) is 9.59. The van der Waals surface area contributed by atoms with Gasteiger partial charge in [-0.25, -0.2) is 0 Å². The van der Waals surface area contributed by atoms with Crippen molar-refractivity contribution in [2.45, 2.75) is 43.5 Å². The number of ether oxygens (including phenoxy) is 2. The number of phenols is 3. The smallest absolute Gasteiger partial charge is 0.229 e. The van der Waals surface area contributed by atoms with Crippen molar-refractivity contribution in [1.82, 2.24) is 0 Å². The van der Waals surface area contributed by atoms with Gasteiger partial charge in [0.25, 0.3) is 0 Å². The summed E-state index contributed by atoms with van der Waals surface area (Å²) in [5, 5.41) is 68.9. The number of nitrogens with two attached hydrogens (primary N) is 1. The number of rotatable bonds is 7. The first-order valence-electron chi connectivity index (χ1n) is 9.76. The molecule has 32 heavy (non-hydrogen) atoms. The number of hydrogen-bond acceptors (Lipinski definition) is 11. The van der Waals surface area contributed by atoms with E-state index >= 15 is 0 Å². The average molecular weight is 451 g/mol. The van der Waals surface area contributed by atoms with Crippen LogP contribution in [0.15, 0.2) is 30.3 Å². The number of aromatic hydroxyl groups is 3. The molecule has 0 unspecified atom stereocenters. The first kappa shape index (κ1) is 23.6. The van der Waals surface area contributed by atoms with Gasteiger partial charge in [0.05, 0.1) is 12.3 Å². The van der Waals surface area contributed by atoms with Crippen molar-refractivity contribution >= 4 is 11.5 Å². The summed E-state index contributed by atoms with van der Waals surface area (Å²) in [4.78, 5) is 12.8. The van der Waals surface area contributed by atoms with E-state index in [1.807, 2.05) is 0 Å². The molecule has 1 saturated heterocycles. The van der Waals surface area contributed by atoms with Crippen molar-refractivity contribution in [1.29, 1.82) is 0 Å². The van der Waals surface area contributed by atoms with Crippen LogP contribution in [0.2, 0.25) is 0 Å². The van der Waals surface area contributed by atoms with E-state index in [0.29, 0.717) is 5.56 Å². The SMILES string of the molecule is Nc1cc(CCC(=O)c2c(O)cc(O)cc2O[C@@H]2O[C@@H](CO)[C@@H](O)[C@H](O)[C@@H]2O)ccc1O. The Labute approximate surface area is 182 Å². The van der Waals surface area contributed by atoms with E-state index in [2.05, 4.69) is 0 Å². The topological polar surface area (TPSA) is 203 Å². The fraction of sp³-hybridized carbons (Fsp3) is 0.381. The zero-order valence-corrected chi connectivity index (χ0v) is 16.8. The van der Waals surface area contributed by atoms with Crippen LogP contribution in [0, 0.1) is 0 Å². The number of ketones is 1. The van der Waals surface area contributed by atoms with E-state index < -0.39 is 54.6 Å². The first-order valence-corrected chi connectivity index (χ1v) is 9.76. The molecule has 9 N–H and O–H groups in total. The van der Waals surface area contributed by atoms with Gasteiger partial charge in [-0.2, -0.15) is 0 Å². The number of benzene rings is 2. The molecule has 0 bridgehead atoms. The largest absolute Gasteiger partial charge is 0.508 e. The second-order valence-electron chi connectivity index (χ2n) is 7.47. The van der Waals surface area contributed by atoms with E-state index in [-0.39, 0.29) is 35.6 Å². The average Bonchev–Trinajstić information content (AvgIpc) is 2.74. The molecule has 2 aromatic rings. The summed E-state index contributed by atoms with van der Waals surface area (Å²) in [6.07, 6.45) is -7.82. The van der Waals surface area contributed by atoms with Crippen molar-refractivity contribution in [3.63, 3.8) is 0 Å². The van der Waals surface area contributed by atoms with Gasteiger partial charge in [-0.05, 0) is 24.1 Å². The van der Waals surface area contributed by atoms with Crippen molar-refractivity contribution < 1.29 is 50.0 Å². The van der Waals surface area contributed by atoms with Crippen LogP contribution in [0.3, 0.4) is 0 Å². The number of nitrogen functional groups attached to an aromatic ring is 1. The Kier molecular flexibility index (Phi) is 7.06. The quantitative estimate of drug-likeness (QED) is 0.151. The van der Waals surface area contributed by atoms with Crippen molar-refractivity contribution in [3.8, 4) is 23.0 Å². The van der Waals surface area contributed by atoms with Gasteiger partial charge in [0, 0.05) is 18.6 Å². The molecule has 3 rings (SSSR count). The lowest BCUT2D eigenvalue weighted by Gasteiger charge is -2.39. The normalized spacial score (nSPS) is 25.4. The zero-order valence-electron chi connectivity index (χ0n) is 16.8. The number of phenolic OH excluding ortho intramolecular Hbond substituents is 3. The molecule has 0 aromatic heterocycles. The van der Waals surface area contributed by atoms with E-state index in [1.165, 1.54) is 12.1 Å². The molecule has 1 aliphatic heterocycles. The lowest BCUT2D eigenvalue weighted by atomic mass is 9.98. The lowest BCUT2D eigenvalue weighted by molar-refractivity contribution is -0.277. The van der Waals surface area contributed by atoms with E-state index in [1.54, 1.807) is 6.07 Å². The number of aliphatic hydroxyl groups is 4. The summed E-state index contributed by atoms with van der Waals surface area (Å²) in [7, 11) is 0. The Morgan fingerprint density at radius 3 is 2.38 bits per heavy atom. The Morgan fingerprint density at radius 1 is 1.00 bits per heavy atom. The molecule has 0 aliphatic carbocycles. The Balaban J connectivity index is 1.82. The molecule has 174 valence electrons. The standard InChI is InChI=1S/C21H25NO10/c22-11-5-9(1-3-12(11)25)2-4-13(26)17-14(27)6-10(24)7-15(17)31-21-20(30)19(29)18(28)16(8-23)32-21/h1,3,5-7,16,18-21,23-25,27-30H,2,4,8,22H2/t16-,18+,19-,20-,21+/m0/s1. The summed E-state index contributed by atoms with van der Waals surface area (Å²) < 4.78 is 10.7. The maximum atomic E-state index is 12.8. The van der Waals surface area contributed by atoms with Crippen molar-refractivity contribution in [2.75, 3.05) is 12.3 Å². The zero-order chi connectivity index (χ0) is 23.6. The monoisotopic (exact) mass is 451 g/mol. The Morgan fingerprint density at radius 2 is 1.72 bits per heavy atom. The number of aliphatic hydroxyl groups excluding tert-OH is 4. The number of aryl methyl sites for hydroxylation is 1. The molecule has 11 nitrogen and oxygen atoms in total. The van der Waals surface area contributed by atoms with Crippen LogP contribution in [0.4, 0.5) is 5.69 Å². The van der Waals surface area contributed by atoms with Crippen molar-refractivity contribution in [2.24, 2.45) is 0 Å². The molecule has 2 aromatic carbocycles. The number of carbonyl (C=O) groups is 1. The lowest BCUT2D eigenvalue weighted by Crippen LogP contribution is -2.60. The maximum absolute atomic E-state index is 12.8. The molecule has 1 aliphatic rings. The fourth-order valence-corrected chi connectivity index (χ4v) is 3.39. The third-order valence-electron chi connectivity index (χ3n) is 5.17. The minimum absolute atomic E-state index is 0.0912. The summed E-state index contributed by atoms with van der Waals surface area (Å²) in [5.74, 6) is -2.02. The van der Waals surface area contributed by atoms with Crippen LogP contribution in [0.25, 0.3) is 0 Å². The van der Waals surface area contributed by atoms with Crippen LogP contribution in [-0.2, 0) is 11.2 Å². The number of anilines is 1. The Bertz CT molecular complexity index is 979. The predicted molar refractivity (Wildman–Crippen MR) is 109 cm³/mol. The van der Waals surface area contributed by atoms with Gasteiger partial charge in [0.2, 0.25) is 6.29 Å². The van der Waals surface area contributed by atoms with E-state index in [9.17, 15) is 40.5 Å². The molecule has 0 saturated carbocycles. The maximum Gasteiger partial charge on any atom is 0.229 e. The highest BCUT2D eigenvalue weighted by Gasteiger charge is 2.45. The van der Waals surface area contributed by atoms with Crippen LogP contribution >= 0.6 is 0 Å². The highest BCUT2D eigenvalue weighted by molar-refractivity contribution is 6.01. The van der Waals surface area contributed by atoms with E-state index in [4.69, 9.17) is 15.2 Å². The fourth-order valence-electron chi connectivity index (χ4n) is 3.39. The summed E-state index contributed by atoms with van der Waals surface area (Å²) in [6.45, 7) is -0.683. The summed E-state index contributed by atoms with van der Waals surface area (Å²) in [5.41, 5.74) is 6.15. The first-order chi connectivity index (χ1) is 15.1. The van der Waals surface area contributed by atoms with Crippen LogP contribution < -0.4 is 10.5 Å². The molecule has 1 heterocycles. The van der Waals surface area contributed by atoms with Gasteiger partial charge >= 0.3 is 0 Å². The van der Waals surface area contributed by atoms with Gasteiger partial charge in [-0.15, -0.1) is 0 Å². The molecule has 0 amide bonds. The molecule has 11 heteroatoms. The Hall–Kier alpha value is -3.09. The molecule has 0 spiro atoms. The van der Waals surface area contributed by atoms with Crippen LogP contribution in [-0.4, -0.2) is 78.8 Å². The van der Waals surface area contributed by atoms with Gasteiger partial charge in [0.15, 0.2) is 5.78 Å². The van der Waals surface area contributed by atoms with Crippen LogP contribution in [0.5, 0.6) is 23.0 Å². The molecular formula is C21H25NO10. The predicted octanol–water partition coefficient (Wildman–Crippen LogP) is -0.620. The van der Waals surface area contributed by atoms with E-state index in [0.717, 1.165) is 12.1 Å². The van der Waals surface area contributed by atoms with Gasteiger partial charge in [-0.1, -0.05) is 6.07 Å². The number of hydrogen-bond donors (Lipinski definition) is 8. The third-order valence-corrected chi connectivity index (χ3v) is 5.17.